The number of para-hydroxylation sites is 1. The molecule has 0 aliphatic rings. The second kappa shape index (κ2) is 7.54. The van der Waals surface area contributed by atoms with Crippen LogP contribution in [-0.2, 0) is 16.1 Å². The van der Waals surface area contributed by atoms with Gasteiger partial charge in [-0.05, 0) is 19.1 Å². The molecule has 5 aromatic rings. The number of hydrogen-bond donors (Lipinski definition) is 0. The number of ether oxygens (including phenoxy) is 1. The van der Waals surface area contributed by atoms with E-state index >= 15 is 0 Å². The van der Waals surface area contributed by atoms with Crippen molar-refractivity contribution in [2.75, 3.05) is 5.75 Å². The van der Waals surface area contributed by atoms with Crippen LogP contribution < -0.4 is 5.56 Å². The second-order valence-electron chi connectivity index (χ2n) is 6.48. The number of hydrogen-bond acceptors (Lipinski definition) is 9. The van der Waals surface area contributed by atoms with Gasteiger partial charge in [-0.1, -0.05) is 23.9 Å². The van der Waals surface area contributed by atoms with Gasteiger partial charge in [0.25, 0.3) is 5.56 Å². The summed E-state index contributed by atoms with van der Waals surface area (Å²) in [6.45, 7) is 1.78. The number of thiazole rings is 1. The van der Waals surface area contributed by atoms with Crippen molar-refractivity contribution in [2.45, 2.75) is 18.6 Å². The fourth-order valence-electron chi connectivity index (χ4n) is 3.10. The highest BCUT2D eigenvalue weighted by Gasteiger charge is 2.15. The van der Waals surface area contributed by atoms with Crippen molar-refractivity contribution < 1.29 is 13.9 Å². The molecule has 150 valence electrons. The summed E-state index contributed by atoms with van der Waals surface area (Å²) in [6, 6.07) is 8.98. The number of thioether (sulfide) groups is 1. The van der Waals surface area contributed by atoms with E-state index < -0.39 is 5.97 Å². The molecule has 0 spiro atoms. The maximum absolute atomic E-state index is 12.2. The number of benzene rings is 1. The zero-order valence-electron chi connectivity index (χ0n) is 15.7. The predicted octanol–water partition coefficient (Wildman–Crippen LogP) is 3.59. The minimum absolute atomic E-state index is 0.0441. The van der Waals surface area contributed by atoms with Gasteiger partial charge in [-0.15, -0.1) is 11.3 Å². The number of carbonyl (C=O) groups excluding carboxylic acids is 1. The minimum atomic E-state index is -0.438. The third kappa shape index (κ3) is 3.33. The Bertz CT molecular complexity index is 1470. The second-order valence-corrected chi connectivity index (χ2v) is 8.29. The molecule has 4 heterocycles. The van der Waals surface area contributed by atoms with Crippen molar-refractivity contribution in [2.24, 2.45) is 0 Å². The Balaban J connectivity index is 1.28. The van der Waals surface area contributed by atoms with Crippen LogP contribution in [0.5, 0.6) is 0 Å². The molecule has 0 unspecified atom stereocenters. The van der Waals surface area contributed by atoms with Crippen LogP contribution in [0.3, 0.4) is 0 Å². The number of fused-ring (bicyclic) bond motifs is 4. The average molecular weight is 438 g/mol. The Morgan fingerprint density at radius 2 is 2.17 bits per heavy atom. The lowest BCUT2D eigenvalue weighted by molar-refractivity contribution is -0.141. The van der Waals surface area contributed by atoms with Gasteiger partial charge in [-0.25, -0.2) is 15.0 Å². The number of furan rings is 1. The van der Waals surface area contributed by atoms with E-state index in [0.717, 1.165) is 11.1 Å². The number of carbonyl (C=O) groups is 1. The minimum Gasteiger partial charge on any atom is -0.459 e. The van der Waals surface area contributed by atoms with Gasteiger partial charge in [-0.2, -0.15) is 0 Å². The fraction of sp³-hybridized carbons (Fsp3) is 0.150. The highest BCUT2D eigenvalue weighted by atomic mass is 32.2. The van der Waals surface area contributed by atoms with E-state index in [-0.39, 0.29) is 17.9 Å². The van der Waals surface area contributed by atoms with Crippen LogP contribution in [0.2, 0.25) is 0 Å². The van der Waals surface area contributed by atoms with E-state index in [9.17, 15) is 9.59 Å². The summed E-state index contributed by atoms with van der Waals surface area (Å²) in [5.74, 6) is -0.394. The smallest absolute Gasteiger partial charge is 0.316 e. The van der Waals surface area contributed by atoms with Crippen molar-refractivity contribution in [1.82, 2.24) is 19.4 Å². The fourth-order valence-corrected chi connectivity index (χ4v) is 4.72. The summed E-state index contributed by atoms with van der Waals surface area (Å²) >= 11 is 2.58. The zero-order chi connectivity index (χ0) is 20.7. The summed E-state index contributed by atoms with van der Waals surface area (Å²) in [6.07, 6.45) is 1.45. The number of aromatic nitrogens is 4. The molecule has 0 bridgehead atoms. The third-order valence-electron chi connectivity index (χ3n) is 4.46. The zero-order valence-corrected chi connectivity index (χ0v) is 17.3. The number of aryl methyl sites for hydroxylation is 1. The molecule has 10 heteroatoms. The lowest BCUT2D eigenvalue weighted by Gasteiger charge is -2.05. The topological polar surface area (TPSA) is 99.6 Å². The average Bonchev–Trinajstić information content (AvgIpc) is 3.32. The molecule has 5 rings (SSSR count). The van der Waals surface area contributed by atoms with Crippen LogP contribution in [-0.4, -0.2) is 31.1 Å². The Labute approximate surface area is 177 Å². The maximum atomic E-state index is 12.2. The molecule has 1 aromatic carbocycles. The maximum Gasteiger partial charge on any atom is 0.316 e. The largest absolute Gasteiger partial charge is 0.459 e. The summed E-state index contributed by atoms with van der Waals surface area (Å²) in [5.41, 5.74) is 3.03. The molecule has 0 saturated heterocycles. The normalized spacial score (nSPS) is 11.5. The van der Waals surface area contributed by atoms with Crippen molar-refractivity contribution in [3.63, 3.8) is 0 Å². The molecule has 0 fully saturated rings. The molecule has 0 saturated carbocycles. The summed E-state index contributed by atoms with van der Waals surface area (Å²) in [7, 11) is 0. The first-order valence-corrected chi connectivity index (χ1v) is 10.8. The lowest BCUT2D eigenvalue weighted by atomic mass is 10.2. The van der Waals surface area contributed by atoms with Crippen LogP contribution in [0.15, 0.2) is 56.3 Å². The monoisotopic (exact) mass is 438 g/mol. The molecule has 0 atom stereocenters. The molecule has 4 aromatic heterocycles. The molecule has 30 heavy (non-hydrogen) atoms. The number of rotatable bonds is 5. The van der Waals surface area contributed by atoms with Crippen molar-refractivity contribution in [3.05, 3.63) is 63.8 Å². The molecule has 0 aliphatic carbocycles. The highest BCUT2D eigenvalue weighted by Crippen LogP contribution is 2.32. The van der Waals surface area contributed by atoms with Gasteiger partial charge >= 0.3 is 5.97 Å². The molecular formula is C20H14N4O4S2. The van der Waals surface area contributed by atoms with E-state index in [2.05, 4.69) is 15.0 Å². The van der Waals surface area contributed by atoms with E-state index in [0.29, 0.717) is 32.4 Å². The van der Waals surface area contributed by atoms with Crippen LogP contribution in [0.1, 0.15) is 11.4 Å². The molecule has 0 radical (unpaired) electrons. The first kappa shape index (κ1) is 18.8. The molecule has 0 amide bonds. The number of esters is 1. The van der Waals surface area contributed by atoms with Crippen molar-refractivity contribution in [3.8, 4) is 0 Å². The third-order valence-corrected chi connectivity index (χ3v) is 6.35. The Morgan fingerprint density at radius 3 is 3.07 bits per heavy atom. The Kier molecular flexibility index (Phi) is 4.72. The number of nitrogens with zero attached hydrogens (tertiary/aromatic N) is 4. The van der Waals surface area contributed by atoms with Crippen LogP contribution in [0.4, 0.5) is 0 Å². The van der Waals surface area contributed by atoms with E-state index in [1.54, 1.807) is 0 Å². The van der Waals surface area contributed by atoms with Gasteiger partial charge in [0.1, 0.15) is 29.1 Å². The molecule has 0 N–H and O–H groups in total. The van der Waals surface area contributed by atoms with Crippen LogP contribution in [0, 0.1) is 6.92 Å². The van der Waals surface area contributed by atoms with Crippen LogP contribution >= 0.6 is 23.1 Å². The van der Waals surface area contributed by atoms with Gasteiger partial charge < -0.3 is 9.15 Å². The van der Waals surface area contributed by atoms with E-state index in [1.807, 2.05) is 36.6 Å². The standard InChI is InChI=1S/C20H14N4O4S2/c1-11-8-30-20-23-12(6-15(25)24(11)20)7-27-16(26)9-29-19-18-17(21-10-22-19)13-4-2-3-5-14(13)28-18/h2-6,8,10H,7,9H2,1H3. The van der Waals surface area contributed by atoms with Crippen molar-refractivity contribution >= 4 is 56.1 Å². The quantitative estimate of drug-likeness (QED) is 0.233. The summed E-state index contributed by atoms with van der Waals surface area (Å²) in [5, 5.41) is 3.33. The van der Waals surface area contributed by atoms with Gasteiger partial charge in [0.05, 0.1) is 11.4 Å². The van der Waals surface area contributed by atoms with Gasteiger partial charge in [0, 0.05) is 22.5 Å². The van der Waals surface area contributed by atoms with Gasteiger partial charge in [0.2, 0.25) is 0 Å². The summed E-state index contributed by atoms with van der Waals surface area (Å²) < 4.78 is 12.7. The van der Waals surface area contributed by atoms with E-state index in [1.165, 1.54) is 39.9 Å². The predicted molar refractivity (Wildman–Crippen MR) is 114 cm³/mol. The first-order chi connectivity index (χ1) is 14.6. The molecule has 0 aliphatic heterocycles. The SMILES string of the molecule is Cc1csc2nc(COC(=O)CSc3ncnc4c3oc3ccccc34)cc(=O)n12. The first-order valence-electron chi connectivity index (χ1n) is 8.97. The van der Waals surface area contributed by atoms with Gasteiger partial charge in [0.15, 0.2) is 10.5 Å². The highest BCUT2D eigenvalue weighted by molar-refractivity contribution is 8.00. The van der Waals surface area contributed by atoms with Crippen LogP contribution in [0.25, 0.3) is 27.0 Å². The molecule has 8 nitrogen and oxygen atoms in total. The lowest BCUT2D eigenvalue weighted by Crippen LogP contribution is -2.16. The van der Waals surface area contributed by atoms with Gasteiger partial charge in [-0.3, -0.25) is 14.0 Å². The molecular weight excluding hydrogens is 424 g/mol. The Morgan fingerprint density at radius 1 is 1.30 bits per heavy atom. The Hall–Kier alpha value is -3.24. The summed E-state index contributed by atoms with van der Waals surface area (Å²) in [4.78, 5) is 37.9. The van der Waals surface area contributed by atoms with E-state index in [4.69, 9.17) is 9.15 Å². The van der Waals surface area contributed by atoms with Crippen molar-refractivity contribution in [1.29, 1.82) is 0 Å².